The minimum absolute atomic E-state index is 0.119. The molecule has 0 aliphatic carbocycles. The third kappa shape index (κ3) is 4.03. The summed E-state index contributed by atoms with van der Waals surface area (Å²) in [6, 6.07) is 11.0. The average molecular weight is 285 g/mol. The Kier molecular flexibility index (Phi) is 4.90. The molecule has 1 heterocycles. The molecule has 5 nitrogen and oxygen atoms in total. The second-order valence-electron chi connectivity index (χ2n) is 4.96. The molecule has 0 aliphatic heterocycles. The summed E-state index contributed by atoms with van der Waals surface area (Å²) < 4.78 is 0. The first-order chi connectivity index (χ1) is 10.1. The van der Waals surface area contributed by atoms with Crippen LogP contribution in [-0.4, -0.2) is 17.4 Å². The Hall–Kier alpha value is -2.40. The molecule has 0 saturated carbocycles. The van der Waals surface area contributed by atoms with E-state index < -0.39 is 0 Å². The number of amides is 1. The lowest BCUT2D eigenvalue weighted by Crippen LogP contribution is -2.31. The van der Waals surface area contributed by atoms with E-state index in [9.17, 15) is 9.59 Å². The number of hydrogen-bond acceptors (Lipinski definition) is 3. The number of aryl methyl sites for hydroxylation is 1. The van der Waals surface area contributed by atoms with E-state index in [0.29, 0.717) is 13.0 Å². The van der Waals surface area contributed by atoms with Gasteiger partial charge in [-0.05, 0) is 18.9 Å². The first-order valence-electron chi connectivity index (χ1n) is 6.86. The predicted octanol–water partition coefficient (Wildman–Crippen LogP) is 1.50. The molecule has 2 aromatic rings. The summed E-state index contributed by atoms with van der Waals surface area (Å²) in [7, 11) is 0. The van der Waals surface area contributed by atoms with E-state index in [2.05, 4.69) is 10.3 Å². The topological polar surface area (TPSA) is 88.0 Å². The van der Waals surface area contributed by atoms with Gasteiger partial charge in [-0.25, -0.2) is 0 Å². The molecule has 1 aromatic heterocycles. The lowest BCUT2D eigenvalue weighted by Gasteiger charge is -2.12. The van der Waals surface area contributed by atoms with Gasteiger partial charge in [-0.2, -0.15) is 0 Å². The molecule has 4 N–H and O–H groups in total. The lowest BCUT2D eigenvalue weighted by molar-refractivity contribution is 0.0951. The molecule has 110 valence electrons. The van der Waals surface area contributed by atoms with Gasteiger partial charge in [-0.3, -0.25) is 9.59 Å². The molecule has 2 rings (SSSR count). The number of H-pyrrole nitrogens is 1. The molecular weight excluding hydrogens is 266 g/mol. The van der Waals surface area contributed by atoms with Crippen molar-refractivity contribution in [1.29, 1.82) is 0 Å². The van der Waals surface area contributed by atoms with Crippen LogP contribution in [0.3, 0.4) is 0 Å². The van der Waals surface area contributed by atoms with Crippen LogP contribution >= 0.6 is 0 Å². The fourth-order valence-electron chi connectivity index (χ4n) is 2.05. The van der Waals surface area contributed by atoms with Crippen molar-refractivity contribution in [3.05, 3.63) is 69.6 Å². The van der Waals surface area contributed by atoms with E-state index in [1.807, 2.05) is 30.3 Å². The van der Waals surface area contributed by atoms with Gasteiger partial charge in [0.2, 0.25) is 0 Å². The smallest absolute Gasteiger partial charge is 0.256 e. The molecule has 0 aliphatic rings. The Bertz CT molecular complexity index is 665. The molecule has 1 amide bonds. The van der Waals surface area contributed by atoms with Gasteiger partial charge >= 0.3 is 0 Å². The Morgan fingerprint density at radius 3 is 2.71 bits per heavy atom. The van der Waals surface area contributed by atoms with Crippen LogP contribution in [0.15, 0.2) is 47.4 Å². The standard InChI is InChI=1S/C16H19N3O2/c1-11-9-15(20)13(10-19-11)16(21)18-8-7-14(17)12-5-3-2-4-6-12/h2-6,9-10,14H,7-8,17H2,1H3,(H,18,21)(H,19,20). The van der Waals surface area contributed by atoms with Crippen LogP contribution in [0.25, 0.3) is 0 Å². The number of nitrogens with two attached hydrogens (primary N) is 1. The third-order valence-corrected chi connectivity index (χ3v) is 3.27. The number of nitrogens with one attached hydrogen (secondary N) is 2. The minimum atomic E-state index is -0.378. The van der Waals surface area contributed by atoms with E-state index in [0.717, 1.165) is 11.3 Å². The van der Waals surface area contributed by atoms with Gasteiger partial charge in [0, 0.05) is 30.5 Å². The molecule has 0 bridgehead atoms. The maximum absolute atomic E-state index is 11.9. The Morgan fingerprint density at radius 1 is 1.33 bits per heavy atom. The highest BCUT2D eigenvalue weighted by Gasteiger charge is 2.11. The minimum Gasteiger partial charge on any atom is -0.364 e. The van der Waals surface area contributed by atoms with Gasteiger partial charge in [0.05, 0.1) is 0 Å². The molecule has 5 heteroatoms. The Labute approximate surface area is 123 Å². The highest BCUT2D eigenvalue weighted by molar-refractivity contribution is 5.93. The first-order valence-corrected chi connectivity index (χ1v) is 6.86. The second-order valence-corrected chi connectivity index (χ2v) is 4.96. The molecule has 1 atom stereocenters. The zero-order chi connectivity index (χ0) is 15.2. The summed E-state index contributed by atoms with van der Waals surface area (Å²) in [4.78, 5) is 26.5. The van der Waals surface area contributed by atoms with Crippen LogP contribution in [0.1, 0.15) is 34.1 Å². The van der Waals surface area contributed by atoms with E-state index in [4.69, 9.17) is 5.73 Å². The van der Waals surface area contributed by atoms with Gasteiger partial charge in [-0.1, -0.05) is 30.3 Å². The SMILES string of the molecule is Cc1cc(=O)c(C(=O)NCCC(N)c2ccccc2)c[nH]1. The predicted molar refractivity (Wildman–Crippen MR) is 82.1 cm³/mol. The third-order valence-electron chi connectivity index (χ3n) is 3.27. The monoisotopic (exact) mass is 285 g/mol. The summed E-state index contributed by atoms with van der Waals surface area (Å²) >= 11 is 0. The van der Waals surface area contributed by atoms with Crippen LogP contribution < -0.4 is 16.5 Å². The van der Waals surface area contributed by atoms with Gasteiger partial charge in [-0.15, -0.1) is 0 Å². The number of hydrogen-bond donors (Lipinski definition) is 3. The van der Waals surface area contributed by atoms with E-state index in [1.54, 1.807) is 6.92 Å². The Morgan fingerprint density at radius 2 is 2.05 bits per heavy atom. The maximum atomic E-state index is 11.9. The zero-order valence-electron chi connectivity index (χ0n) is 11.9. The van der Waals surface area contributed by atoms with Gasteiger partial charge in [0.1, 0.15) is 5.56 Å². The molecule has 1 aromatic carbocycles. The summed E-state index contributed by atoms with van der Waals surface area (Å²) in [6.45, 7) is 2.18. The van der Waals surface area contributed by atoms with Gasteiger partial charge < -0.3 is 16.0 Å². The summed E-state index contributed by atoms with van der Waals surface area (Å²) in [5.41, 5.74) is 7.64. The highest BCUT2D eigenvalue weighted by Crippen LogP contribution is 2.12. The number of benzene rings is 1. The number of aromatic nitrogens is 1. The number of aromatic amines is 1. The second kappa shape index (κ2) is 6.85. The molecule has 1 unspecified atom stereocenters. The molecule has 0 fully saturated rings. The van der Waals surface area contributed by atoms with Gasteiger partial charge in [0.25, 0.3) is 5.91 Å². The van der Waals surface area contributed by atoms with E-state index in [1.165, 1.54) is 12.3 Å². The van der Waals surface area contributed by atoms with Crippen LogP contribution in [-0.2, 0) is 0 Å². The van der Waals surface area contributed by atoms with Crippen LogP contribution in [0.2, 0.25) is 0 Å². The average Bonchev–Trinajstić information content (AvgIpc) is 2.47. The van der Waals surface area contributed by atoms with Gasteiger partial charge in [0.15, 0.2) is 5.43 Å². The quantitative estimate of drug-likeness (QED) is 0.778. The van der Waals surface area contributed by atoms with Crippen LogP contribution in [0, 0.1) is 6.92 Å². The first kappa shape index (κ1) is 15.0. The largest absolute Gasteiger partial charge is 0.364 e. The van der Waals surface area contributed by atoms with E-state index in [-0.39, 0.29) is 22.9 Å². The Balaban J connectivity index is 1.89. The van der Waals surface area contributed by atoms with Crippen molar-refractivity contribution < 1.29 is 4.79 Å². The lowest BCUT2D eigenvalue weighted by atomic mass is 10.1. The van der Waals surface area contributed by atoms with Crippen molar-refractivity contribution in [3.8, 4) is 0 Å². The molecule has 0 spiro atoms. The fraction of sp³-hybridized carbons (Fsp3) is 0.250. The molecule has 21 heavy (non-hydrogen) atoms. The number of carbonyl (C=O) groups excluding carboxylic acids is 1. The molecular formula is C16H19N3O2. The number of pyridine rings is 1. The summed E-state index contributed by atoms with van der Waals surface area (Å²) in [5, 5.41) is 2.72. The van der Waals surface area contributed by atoms with Crippen molar-refractivity contribution >= 4 is 5.91 Å². The number of carbonyl (C=O) groups is 1. The van der Waals surface area contributed by atoms with Crippen molar-refractivity contribution in [1.82, 2.24) is 10.3 Å². The van der Waals surface area contributed by atoms with E-state index >= 15 is 0 Å². The van der Waals surface area contributed by atoms with Crippen molar-refractivity contribution in [2.45, 2.75) is 19.4 Å². The van der Waals surface area contributed by atoms with Crippen molar-refractivity contribution in [3.63, 3.8) is 0 Å². The van der Waals surface area contributed by atoms with Crippen molar-refractivity contribution in [2.24, 2.45) is 5.73 Å². The summed E-state index contributed by atoms with van der Waals surface area (Å²) in [6.07, 6.45) is 2.05. The van der Waals surface area contributed by atoms with Crippen molar-refractivity contribution in [2.75, 3.05) is 6.54 Å². The van der Waals surface area contributed by atoms with Crippen LogP contribution in [0.5, 0.6) is 0 Å². The normalized spacial score (nSPS) is 11.9. The summed E-state index contributed by atoms with van der Waals surface area (Å²) in [5.74, 6) is -0.378. The zero-order valence-corrected chi connectivity index (χ0v) is 11.9. The molecule has 0 saturated heterocycles. The fourth-order valence-corrected chi connectivity index (χ4v) is 2.05. The number of rotatable bonds is 5. The maximum Gasteiger partial charge on any atom is 0.256 e. The molecule has 0 radical (unpaired) electrons. The highest BCUT2D eigenvalue weighted by atomic mass is 16.2. The van der Waals surface area contributed by atoms with Crippen LogP contribution in [0.4, 0.5) is 0 Å².